The van der Waals surface area contributed by atoms with Gasteiger partial charge in [-0.25, -0.2) is 0 Å². The summed E-state index contributed by atoms with van der Waals surface area (Å²) >= 11 is 0. The van der Waals surface area contributed by atoms with Crippen LogP contribution < -0.4 is 0 Å². The molecule has 0 aromatic heterocycles. The van der Waals surface area contributed by atoms with Crippen LogP contribution in [0.25, 0.3) is 0 Å². The third-order valence-electron chi connectivity index (χ3n) is 2.25. The van der Waals surface area contributed by atoms with E-state index in [1.54, 1.807) is 0 Å². The molecule has 0 aliphatic carbocycles. The summed E-state index contributed by atoms with van der Waals surface area (Å²) < 4.78 is 0. The van der Waals surface area contributed by atoms with E-state index in [4.69, 9.17) is 0 Å². The van der Waals surface area contributed by atoms with E-state index < -0.39 is 0 Å². The summed E-state index contributed by atoms with van der Waals surface area (Å²) in [5.41, 5.74) is 0.875. The van der Waals surface area contributed by atoms with Gasteiger partial charge >= 0.3 is 0 Å². The first-order valence-electron chi connectivity index (χ1n) is 3.25. The van der Waals surface area contributed by atoms with Gasteiger partial charge in [0.05, 0.1) is 0 Å². The van der Waals surface area contributed by atoms with Gasteiger partial charge in [-0.2, -0.15) is 0 Å². The van der Waals surface area contributed by atoms with Crippen molar-refractivity contribution in [3.05, 3.63) is 0 Å². The van der Waals surface area contributed by atoms with Crippen molar-refractivity contribution in [3.8, 4) is 0 Å². The van der Waals surface area contributed by atoms with Gasteiger partial charge in [-0.3, -0.25) is 0 Å². The number of hydrogen-bond acceptors (Lipinski definition) is 0. The van der Waals surface area contributed by atoms with E-state index in [9.17, 15) is 0 Å². The van der Waals surface area contributed by atoms with Crippen molar-refractivity contribution < 1.29 is 0 Å². The zero-order valence-electron chi connectivity index (χ0n) is 7.00. The Morgan fingerprint density at radius 2 is 0.500 bits per heavy atom. The summed E-state index contributed by atoms with van der Waals surface area (Å²) in [6, 6.07) is 0. The van der Waals surface area contributed by atoms with E-state index in [1.165, 1.54) is 0 Å². The topological polar surface area (TPSA) is 0 Å². The van der Waals surface area contributed by atoms with Gasteiger partial charge in [0.15, 0.2) is 0 Å². The first kappa shape index (κ1) is 29.6. The van der Waals surface area contributed by atoms with Crippen molar-refractivity contribution in [1.82, 2.24) is 0 Å². The fraction of sp³-hybridized carbons (Fsp3) is 1.00. The van der Waals surface area contributed by atoms with Gasteiger partial charge in [0.2, 0.25) is 0 Å². The van der Waals surface area contributed by atoms with Crippen LogP contribution >= 0.6 is 0 Å². The summed E-state index contributed by atoms with van der Waals surface area (Å²) in [6.45, 7) is 13.6. The molecular formula is C12H34. The van der Waals surface area contributed by atoms with Crippen LogP contribution in [-0.2, 0) is 0 Å². The molecule has 0 heteroatoms. The van der Waals surface area contributed by atoms with E-state index >= 15 is 0 Å². The highest BCUT2D eigenvalue weighted by Gasteiger charge is 2.26. The Morgan fingerprint density at radius 1 is 0.417 bits per heavy atom. The molecule has 0 bridgehead atoms. The Balaban J connectivity index is -0.0000000408. The first-order valence-corrected chi connectivity index (χ1v) is 3.25. The molecule has 0 rings (SSSR count). The quantitative estimate of drug-likeness (QED) is 0.451. The number of rotatable bonds is 0. The Kier molecular flexibility index (Phi) is 18.9. The summed E-state index contributed by atoms with van der Waals surface area (Å²) in [5, 5.41) is 0. The van der Waals surface area contributed by atoms with E-state index in [-0.39, 0.29) is 29.7 Å². The van der Waals surface area contributed by atoms with Crippen LogP contribution in [0.4, 0.5) is 0 Å². The van der Waals surface area contributed by atoms with E-state index in [1.807, 2.05) is 0 Å². The van der Waals surface area contributed by atoms with Crippen molar-refractivity contribution in [2.75, 3.05) is 0 Å². The lowest BCUT2D eigenvalue weighted by Gasteiger charge is -2.34. The predicted octanol–water partition coefficient (Wildman–Crippen LogP) is 5.62. The standard InChI is InChI=1S/C8H18.4CH4/c1-7(2,3)8(4,5)6;;;;/h1-6H3;4*1H4. The largest absolute Gasteiger partial charge is 0.0776 e. The van der Waals surface area contributed by atoms with Gasteiger partial charge in [0.1, 0.15) is 0 Å². The molecule has 0 aliphatic rings. The van der Waals surface area contributed by atoms with Crippen LogP contribution in [0.15, 0.2) is 0 Å². The maximum atomic E-state index is 2.27. The SMILES string of the molecule is C.C.C.C.CC(C)(C)C(C)(C)C. The molecule has 0 saturated carbocycles. The van der Waals surface area contributed by atoms with Crippen LogP contribution in [0, 0.1) is 10.8 Å². The minimum atomic E-state index is 0. The molecule has 0 atom stereocenters. The van der Waals surface area contributed by atoms with Crippen LogP contribution in [-0.4, -0.2) is 0 Å². The van der Waals surface area contributed by atoms with Crippen molar-refractivity contribution >= 4 is 0 Å². The van der Waals surface area contributed by atoms with Crippen LogP contribution in [0.3, 0.4) is 0 Å². The van der Waals surface area contributed by atoms with E-state index in [0.717, 1.165) is 0 Å². The molecule has 0 N–H and O–H groups in total. The fourth-order valence-corrected chi connectivity index (χ4v) is 0. The molecule has 0 aromatic rings. The molecule has 0 nitrogen and oxygen atoms in total. The minimum Gasteiger partial charge on any atom is -0.0776 e. The summed E-state index contributed by atoms with van der Waals surface area (Å²) in [5.74, 6) is 0. The molecule has 0 spiro atoms. The Bertz CT molecular complexity index is 55.0. The van der Waals surface area contributed by atoms with Gasteiger partial charge in [-0.15, -0.1) is 0 Å². The molecular weight excluding hydrogens is 144 g/mol. The smallest absolute Gasteiger partial charge is 0.0334 e. The molecule has 0 heterocycles. The van der Waals surface area contributed by atoms with Crippen LogP contribution in [0.5, 0.6) is 0 Å². The lowest BCUT2D eigenvalue weighted by Crippen LogP contribution is -2.25. The Morgan fingerprint density at radius 3 is 0.500 bits per heavy atom. The average Bonchev–Trinajstić information content (AvgIpc) is 1.25. The Labute approximate surface area is 82.8 Å². The minimum absolute atomic E-state index is 0. The van der Waals surface area contributed by atoms with Crippen molar-refractivity contribution in [1.29, 1.82) is 0 Å². The lowest BCUT2D eigenvalue weighted by atomic mass is 9.71. The van der Waals surface area contributed by atoms with Crippen LogP contribution in [0.2, 0.25) is 0 Å². The molecule has 0 saturated heterocycles. The van der Waals surface area contributed by atoms with Gasteiger partial charge in [0, 0.05) is 0 Å². The highest BCUT2D eigenvalue weighted by atomic mass is 14.3. The molecule has 0 unspecified atom stereocenters. The molecule has 0 aliphatic heterocycles. The second-order valence-electron chi connectivity index (χ2n) is 4.50. The fourth-order valence-electron chi connectivity index (χ4n) is 0. The van der Waals surface area contributed by atoms with Crippen LogP contribution in [0.1, 0.15) is 71.2 Å². The van der Waals surface area contributed by atoms with Gasteiger partial charge in [-0.1, -0.05) is 71.2 Å². The van der Waals surface area contributed by atoms with Gasteiger partial charge < -0.3 is 0 Å². The van der Waals surface area contributed by atoms with E-state index in [0.29, 0.717) is 10.8 Å². The second-order valence-corrected chi connectivity index (χ2v) is 4.50. The van der Waals surface area contributed by atoms with Crippen molar-refractivity contribution in [2.24, 2.45) is 10.8 Å². The zero-order valence-corrected chi connectivity index (χ0v) is 7.00. The summed E-state index contributed by atoms with van der Waals surface area (Å²) in [6.07, 6.45) is 0. The normalized spacial score (nSPS) is 9.50. The molecule has 0 fully saturated rings. The lowest BCUT2D eigenvalue weighted by molar-refractivity contribution is 0.157. The zero-order chi connectivity index (χ0) is 7.00. The van der Waals surface area contributed by atoms with Gasteiger partial charge in [-0.05, 0) is 10.8 Å². The maximum Gasteiger partial charge on any atom is -0.0334 e. The summed E-state index contributed by atoms with van der Waals surface area (Å²) in [7, 11) is 0. The van der Waals surface area contributed by atoms with E-state index in [2.05, 4.69) is 41.5 Å². The first-order chi connectivity index (χ1) is 3.25. The number of hydrogen-bond donors (Lipinski definition) is 0. The van der Waals surface area contributed by atoms with Gasteiger partial charge in [0.25, 0.3) is 0 Å². The highest BCUT2D eigenvalue weighted by Crippen LogP contribution is 2.36. The monoisotopic (exact) mass is 178 g/mol. The third kappa shape index (κ3) is 10.0. The molecule has 0 aromatic carbocycles. The highest BCUT2D eigenvalue weighted by molar-refractivity contribution is 4.76. The summed E-state index contributed by atoms with van der Waals surface area (Å²) in [4.78, 5) is 0. The maximum absolute atomic E-state index is 2.27. The second kappa shape index (κ2) is 7.64. The van der Waals surface area contributed by atoms with Crippen molar-refractivity contribution in [3.63, 3.8) is 0 Å². The average molecular weight is 178 g/mol. The molecule has 12 heavy (non-hydrogen) atoms. The van der Waals surface area contributed by atoms with Crippen molar-refractivity contribution in [2.45, 2.75) is 71.2 Å². The molecule has 0 amide bonds. The molecule has 82 valence electrons. The predicted molar refractivity (Wildman–Crippen MR) is 65.8 cm³/mol. The molecule has 0 radical (unpaired) electrons. The third-order valence-corrected chi connectivity index (χ3v) is 2.25. The Hall–Kier alpha value is 0.